The summed E-state index contributed by atoms with van der Waals surface area (Å²) in [5, 5.41) is 12.5. The highest BCUT2D eigenvalue weighted by atomic mass is 32.1. The Balaban J connectivity index is 1.44. The van der Waals surface area contributed by atoms with E-state index in [1.807, 2.05) is 36.4 Å². The van der Waals surface area contributed by atoms with Gasteiger partial charge in [0.1, 0.15) is 11.6 Å². The van der Waals surface area contributed by atoms with Crippen LogP contribution in [-0.4, -0.2) is 25.7 Å². The summed E-state index contributed by atoms with van der Waals surface area (Å²) >= 11 is 1.32. The summed E-state index contributed by atoms with van der Waals surface area (Å²) in [6.45, 7) is -0.135. The van der Waals surface area contributed by atoms with Crippen molar-refractivity contribution in [1.29, 1.82) is 0 Å². The number of anilines is 1. The average molecular weight is 377 g/mol. The van der Waals surface area contributed by atoms with Crippen molar-refractivity contribution in [2.24, 2.45) is 0 Å². The molecular weight excluding hydrogens is 362 g/mol. The van der Waals surface area contributed by atoms with Gasteiger partial charge in [0, 0.05) is 6.42 Å². The van der Waals surface area contributed by atoms with Gasteiger partial charge in [-0.1, -0.05) is 53.8 Å². The van der Waals surface area contributed by atoms with Crippen LogP contribution in [-0.2, 0) is 17.8 Å². The van der Waals surface area contributed by atoms with Crippen LogP contribution in [0.5, 0.6) is 0 Å². The zero-order valence-electron chi connectivity index (χ0n) is 14.2. The lowest BCUT2D eigenvalue weighted by molar-refractivity contribution is -0.116. The highest BCUT2D eigenvalue weighted by Gasteiger charge is 2.11. The van der Waals surface area contributed by atoms with Gasteiger partial charge in [-0.15, -0.1) is 10.2 Å². The van der Waals surface area contributed by atoms with E-state index < -0.39 is 0 Å². The topological polar surface area (TPSA) is 89.8 Å². The number of nitrogens with zero attached hydrogens (tertiary/aromatic N) is 4. The molecule has 1 N–H and O–H groups in total. The molecule has 0 saturated heterocycles. The van der Waals surface area contributed by atoms with Crippen LogP contribution in [0.3, 0.4) is 0 Å². The second-order valence-corrected chi connectivity index (χ2v) is 6.97. The Morgan fingerprint density at radius 2 is 1.81 bits per heavy atom. The molecule has 0 spiro atoms. The Morgan fingerprint density at radius 3 is 2.67 bits per heavy atom. The van der Waals surface area contributed by atoms with Crippen molar-refractivity contribution in [2.45, 2.75) is 13.0 Å². The predicted molar refractivity (Wildman–Crippen MR) is 104 cm³/mol. The molecule has 0 atom stereocenters. The van der Waals surface area contributed by atoms with Crippen molar-refractivity contribution in [3.8, 4) is 0 Å². The molecule has 0 fully saturated rings. The maximum absolute atomic E-state index is 12.4. The molecule has 2 aromatic carbocycles. The second-order valence-electron chi connectivity index (χ2n) is 5.91. The zero-order chi connectivity index (χ0) is 18.6. The molecule has 0 radical (unpaired) electrons. The van der Waals surface area contributed by atoms with E-state index in [4.69, 9.17) is 0 Å². The van der Waals surface area contributed by atoms with Crippen LogP contribution < -0.4 is 10.9 Å². The van der Waals surface area contributed by atoms with Crippen molar-refractivity contribution in [2.75, 3.05) is 5.32 Å². The Kier molecular flexibility index (Phi) is 4.71. The van der Waals surface area contributed by atoms with Gasteiger partial charge in [-0.2, -0.15) is 0 Å². The summed E-state index contributed by atoms with van der Waals surface area (Å²) in [7, 11) is 0. The third-order valence-electron chi connectivity index (χ3n) is 3.96. The first-order valence-electron chi connectivity index (χ1n) is 8.29. The normalized spacial score (nSPS) is 10.8. The first-order chi connectivity index (χ1) is 13.2. The maximum Gasteiger partial charge on any atom is 0.261 e. The lowest BCUT2D eigenvalue weighted by atomic mass is 10.2. The Bertz CT molecular complexity index is 1150. The molecule has 0 saturated carbocycles. The molecule has 7 nitrogen and oxygen atoms in total. The van der Waals surface area contributed by atoms with Crippen LogP contribution >= 0.6 is 11.3 Å². The van der Waals surface area contributed by atoms with Gasteiger partial charge < -0.3 is 0 Å². The smallest absolute Gasteiger partial charge is 0.261 e. The molecule has 27 heavy (non-hydrogen) atoms. The van der Waals surface area contributed by atoms with E-state index in [0.29, 0.717) is 22.5 Å². The van der Waals surface area contributed by atoms with E-state index >= 15 is 0 Å². The number of amides is 1. The third-order valence-corrected chi connectivity index (χ3v) is 4.80. The van der Waals surface area contributed by atoms with Crippen LogP contribution in [0.4, 0.5) is 5.13 Å². The molecule has 0 unspecified atom stereocenters. The van der Waals surface area contributed by atoms with Gasteiger partial charge in [-0.3, -0.25) is 19.5 Å². The molecular formula is C19H15N5O2S. The molecule has 0 aliphatic carbocycles. The number of carbonyl (C=O) groups excluding carboxylic acids is 1. The molecule has 8 heteroatoms. The molecule has 2 heterocycles. The highest BCUT2D eigenvalue weighted by molar-refractivity contribution is 7.15. The van der Waals surface area contributed by atoms with E-state index in [1.165, 1.54) is 22.2 Å². The van der Waals surface area contributed by atoms with E-state index in [2.05, 4.69) is 20.5 Å². The quantitative estimate of drug-likeness (QED) is 0.577. The van der Waals surface area contributed by atoms with Gasteiger partial charge in [0.15, 0.2) is 0 Å². The van der Waals surface area contributed by atoms with Crippen molar-refractivity contribution in [3.63, 3.8) is 0 Å². The first-order valence-corrected chi connectivity index (χ1v) is 9.11. The number of para-hydroxylation sites is 1. The van der Waals surface area contributed by atoms with Gasteiger partial charge >= 0.3 is 0 Å². The Hall–Kier alpha value is -3.39. The van der Waals surface area contributed by atoms with Gasteiger partial charge in [0.25, 0.3) is 5.56 Å². The van der Waals surface area contributed by atoms with Crippen LogP contribution in [0, 0.1) is 0 Å². The summed E-state index contributed by atoms with van der Waals surface area (Å²) in [6.07, 6.45) is 2.04. The molecule has 0 aliphatic heterocycles. The minimum atomic E-state index is -0.350. The van der Waals surface area contributed by atoms with Crippen LogP contribution in [0.25, 0.3) is 10.9 Å². The van der Waals surface area contributed by atoms with Crippen LogP contribution in [0.15, 0.2) is 65.7 Å². The largest absolute Gasteiger partial charge is 0.299 e. The number of carbonyl (C=O) groups is 1. The molecule has 0 aliphatic rings. The highest BCUT2D eigenvalue weighted by Crippen LogP contribution is 2.18. The van der Waals surface area contributed by atoms with Crippen molar-refractivity contribution < 1.29 is 4.79 Å². The lowest BCUT2D eigenvalue weighted by Gasteiger charge is -2.05. The summed E-state index contributed by atoms with van der Waals surface area (Å²) in [4.78, 5) is 28.9. The van der Waals surface area contributed by atoms with Crippen molar-refractivity contribution in [3.05, 3.63) is 81.8 Å². The molecule has 4 rings (SSSR count). The first kappa shape index (κ1) is 17.0. The maximum atomic E-state index is 12.4. The average Bonchev–Trinajstić information content (AvgIpc) is 3.11. The zero-order valence-corrected chi connectivity index (χ0v) is 15.0. The van der Waals surface area contributed by atoms with E-state index in [1.54, 1.807) is 18.2 Å². The number of benzene rings is 2. The fourth-order valence-electron chi connectivity index (χ4n) is 2.68. The minimum Gasteiger partial charge on any atom is -0.299 e. The monoisotopic (exact) mass is 377 g/mol. The van der Waals surface area contributed by atoms with E-state index in [9.17, 15) is 9.59 Å². The number of nitrogens with one attached hydrogen (secondary N) is 1. The fraction of sp³-hybridized carbons (Fsp3) is 0.105. The number of hydrogen-bond acceptors (Lipinski definition) is 6. The summed E-state index contributed by atoms with van der Waals surface area (Å²) in [5.41, 5.74) is 1.48. The Morgan fingerprint density at radius 1 is 1.04 bits per heavy atom. The minimum absolute atomic E-state index is 0.135. The predicted octanol–water partition coefficient (Wildman–Crippen LogP) is 2.48. The molecule has 4 aromatic rings. The van der Waals surface area contributed by atoms with Gasteiger partial charge in [-0.25, -0.2) is 4.98 Å². The number of aromatic nitrogens is 4. The molecule has 1 amide bonds. The van der Waals surface area contributed by atoms with Crippen LogP contribution in [0.1, 0.15) is 10.6 Å². The van der Waals surface area contributed by atoms with Crippen molar-refractivity contribution >= 4 is 33.3 Å². The molecule has 0 bridgehead atoms. The summed E-state index contributed by atoms with van der Waals surface area (Å²) in [5.74, 6) is -0.350. The van der Waals surface area contributed by atoms with E-state index in [0.717, 1.165) is 10.6 Å². The number of fused-ring (bicyclic) bond motifs is 1. The summed E-state index contributed by atoms with van der Waals surface area (Å²) in [6, 6.07) is 17.0. The van der Waals surface area contributed by atoms with Gasteiger partial charge in [-0.05, 0) is 17.7 Å². The molecule has 2 aromatic heterocycles. The standard InChI is InChI=1S/C19H15N5O2S/c25-16(11-24-12-20-15-9-5-4-8-14(15)18(24)26)21-19-23-22-17(27-19)10-13-6-2-1-3-7-13/h1-9,12H,10-11H2,(H,21,23,25). The van der Waals surface area contributed by atoms with E-state index in [-0.39, 0.29) is 18.0 Å². The Labute approximate surface area is 158 Å². The molecule has 134 valence electrons. The number of hydrogen-bond donors (Lipinski definition) is 1. The van der Waals surface area contributed by atoms with Gasteiger partial charge in [0.2, 0.25) is 11.0 Å². The lowest BCUT2D eigenvalue weighted by Crippen LogP contribution is -2.27. The summed E-state index contributed by atoms with van der Waals surface area (Å²) < 4.78 is 1.28. The van der Waals surface area contributed by atoms with Crippen molar-refractivity contribution in [1.82, 2.24) is 19.7 Å². The fourth-order valence-corrected chi connectivity index (χ4v) is 3.47. The SMILES string of the molecule is O=C(Cn1cnc2ccccc2c1=O)Nc1nnc(Cc2ccccc2)s1. The number of rotatable bonds is 5. The third kappa shape index (κ3) is 3.90. The second kappa shape index (κ2) is 7.46. The van der Waals surface area contributed by atoms with Crippen LogP contribution in [0.2, 0.25) is 0 Å². The van der Waals surface area contributed by atoms with Gasteiger partial charge in [0.05, 0.1) is 17.2 Å².